The van der Waals surface area contributed by atoms with Gasteiger partial charge in [-0.25, -0.2) is 24.0 Å². The minimum absolute atomic E-state index is 0.0141. The van der Waals surface area contributed by atoms with Crippen LogP contribution in [0.1, 0.15) is 240 Å². The summed E-state index contributed by atoms with van der Waals surface area (Å²) in [5.74, 6) is -0.750. The highest BCUT2D eigenvalue weighted by atomic mass is 35.5. The third-order valence-electron chi connectivity index (χ3n) is 27.8. The van der Waals surface area contributed by atoms with Gasteiger partial charge in [0.2, 0.25) is 0 Å². The zero-order chi connectivity index (χ0) is 134. The summed E-state index contributed by atoms with van der Waals surface area (Å²) in [6.45, 7) is 1.92. The van der Waals surface area contributed by atoms with Crippen molar-refractivity contribution in [3.05, 3.63) is 144 Å². The molecule has 140 heavy (non-hydrogen) atoms. The van der Waals surface area contributed by atoms with Crippen molar-refractivity contribution < 1.29 is 76.1 Å². The summed E-state index contributed by atoms with van der Waals surface area (Å²) in [4.78, 5) is 83.5. The van der Waals surface area contributed by atoms with Gasteiger partial charge in [0.25, 0.3) is 0 Å². The molecule has 0 spiro atoms. The van der Waals surface area contributed by atoms with Crippen LogP contribution in [-0.4, -0.2) is 343 Å². The summed E-state index contributed by atoms with van der Waals surface area (Å²) >= 11 is 32.2. The average Bonchev–Trinajstić information content (AvgIpc) is 0.750. The van der Waals surface area contributed by atoms with Gasteiger partial charge in [0.15, 0.2) is 0 Å². The number of hydrogen-bond donors (Lipinski definition) is 5. The van der Waals surface area contributed by atoms with Crippen LogP contribution in [0, 0.1) is 64.2 Å². The number of nitrogens with zero attached hydrogens (tertiary/aromatic N) is 15. The summed E-state index contributed by atoms with van der Waals surface area (Å²) in [6.07, 6.45) is 7.74. The molecule has 0 unspecified atom stereocenters. The molecule has 5 aliphatic carbocycles. The van der Waals surface area contributed by atoms with E-state index in [-0.39, 0.29) is 207 Å². The van der Waals surface area contributed by atoms with Gasteiger partial charge in [-0.1, -0.05) is 118 Å². The van der Waals surface area contributed by atoms with Crippen molar-refractivity contribution in [2.75, 3.05) is 258 Å². The molecular weight excluding hydrogens is 1860 g/mol. The van der Waals surface area contributed by atoms with Crippen molar-refractivity contribution in [2.24, 2.45) is 29.6 Å². The predicted octanol–water partition coefficient (Wildman–Crippen LogP) is 20.0. The van der Waals surface area contributed by atoms with Gasteiger partial charge in [0.1, 0.15) is 0 Å². The van der Waals surface area contributed by atoms with Crippen LogP contribution in [0.5, 0.6) is 0 Å². The van der Waals surface area contributed by atoms with E-state index in [4.69, 9.17) is 110 Å². The maximum atomic E-state index is 12.2. The number of halogens is 5. The van der Waals surface area contributed by atoms with E-state index in [1.807, 2.05) is 29.4 Å². The first-order chi connectivity index (χ1) is 82.3. The second kappa shape index (κ2) is 57.6. The molecular formula is C110H175Cl5N20O5. The molecule has 5 aromatic carbocycles. The first-order valence-electron chi connectivity index (χ1n) is 68.6. The Morgan fingerprint density at radius 3 is 0.686 bits per heavy atom. The van der Waals surface area contributed by atoms with Crippen molar-refractivity contribution >= 4 is 117 Å². The van der Waals surface area contributed by atoms with Crippen molar-refractivity contribution in [2.45, 2.75) is 225 Å². The van der Waals surface area contributed by atoms with E-state index in [9.17, 15) is 24.0 Å². The van der Waals surface area contributed by atoms with E-state index < -0.39 is 96.0 Å². The van der Waals surface area contributed by atoms with E-state index in [0.717, 1.165) is 43.4 Å². The van der Waals surface area contributed by atoms with E-state index in [2.05, 4.69) is 31.5 Å². The number of carbonyl (C=O) groups is 5. The molecule has 5 N–H and O–H groups in total. The molecule has 0 bridgehead atoms. The quantitative estimate of drug-likeness (QED) is 0.0370. The van der Waals surface area contributed by atoms with Crippen LogP contribution in [0.2, 0.25) is 25.1 Å². The van der Waals surface area contributed by atoms with Gasteiger partial charge in [-0.3, -0.25) is 24.5 Å². The number of carbonyl (C=O) groups excluding carboxylic acids is 5. The SMILES string of the molecule is [2H]c1c([2H])c(C)c(Cl)c(N2CCN(C([2H])([2H])C([2H])([2H])C3CCC(NC(=O)N(C)C([2H])([2H])[2H])CC3)CC2)c1[2H].[2H]c1c([2H])c(C)c(Cl)c(N2CCN(C([2H])([2H])C([2H])([2H])C3CCC(NC(=O)N(C)C)CC3)CC2)c1[2H].[2H]c1c([2H])c(C)c(Cl)c(N2CCN(C([2H])([2H])CC3CCC(NC(=O)N(C)C([2H])([2H])[2H])CC3)CC2)c1[2H].[2H]c1c([2H])c(C)c(Cl)c(N2CCN(C([2H])([2H])CC3CCC(NC(=O)N(C)C)CC3)CC2)c1[2H].[2H]c1c([2H])c(C)c(Cl)c(N2CCN(CC([2H])([2H])C3CCC(NC(=O)N(C)C([2H])([2H])[2H])CC3)CC2)c1[2H]. The van der Waals surface area contributed by atoms with E-state index in [0.29, 0.717) is 275 Å². The van der Waals surface area contributed by atoms with Crippen LogP contribution in [-0.2, 0) is 0 Å². The zero-order valence-electron chi connectivity index (χ0n) is 122. The Morgan fingerprint density at radius 2 is 0.471 bits per heavy atom. The second-order valence-electron chi connectivity index (χ2n) is 38.7. The number of rotatable bonds is 25. The number of anilines is 5. The standard InChI is InChI=1S/5C22H35ClN4O/c5*1-17-5-4-6-20(21(17)23)27-15-13-26(14-16-27)12-11-18-7-9-19(10-8-18)24-22(28)25(2)3/h5*4-6,18-19H,7-16H2,1-3H3,(H,24,28)/i2D3,4D,5D,6D,11D2,12D2;4D,5D,6D,11D2,12D2;2D3,4D,5D,6D,12D2;2D3,4D,5D,6D,11D2;4D,5D,6D,12D2. The van der Waals surface area contributed by atoms with Crippen molar-refractivity contribution in [3.63, 3.8) is 0 Å². The summed E-state index contributed by atoms with van der Waals surface area (Å²) in [5.41, 5.74) is 4.44. The highest BCUT2D eigenvalue weighted by Gasteiger charge is 2.33. The molecule has 5 aromatic rings. The Labute approximate surface area is 921 Å². The lowest BCUT2D eigenvalue weighted by atomic mass is 9.84. The molecule has 5 saturated carbocycles. The number of amides is 10. The molecule has 5 aliphatic heterocycles. The lowest BCUT2D eigenvalue weighted by Crippen LogP contribution is -2.47. The molecule has 5 saturated heterocycles. The molecule has 15 rings (SSSR count). The number of benzene rings is 5. The van der Waals surface area contributed by atoms with Crippen molar-refractivity contribution in [3.8, 4) is 0 Å². The Kier molecular flexibility index (Phi) is 29.0. The smallest absolute Gasteiger partial charge is 0.317 e. The number of urea groups is 5. The maximum absolute atomic E-state index is 12.2. The lowest BCUT2D eigenvalue weighted by Gasteiger charge is -2.37. The molecule has 5 heterocycles. The molecule has 0 aromatic heterocycles. The molecule has 30 heteroatoms. The molecule has 0 radical (unpaired) electrons. The third kappa shape index (κ3) is 35.8. The predicted molar refractivity (Wildman–Crippen MR) is 587 cm³/mol. The summed E-state index contributed by atoms with van der Waals surface area (Å²) in [5, 5.41) is 15.7. The normalized spacial score (nSPS) is 28.4. The minimum atomic E-state index is -2.56. The van der Waals surface area contributed by atoms with Crippen LogP contribution < -0.4 is 51.1 Å². The van der Waals surface area contributed by atoms with Gasteiger partial charge in [-0.15, -0.1) is 0 Å². The molecule has 10 fully saturated rings. The minimum Gasteiger partial charge on any atom is -0.368 e. The Morgan fingerprint density at radius 1 is 0.279 bits per heavy atom. The summed E-state index contributed by atoms with van der Waals surface area (Å²) in [7, 11) is 10.5. The lowest BCUT2D eigenvalue weighted by molar-refractivity contribution is 0.194. The Bertz CT molecular complexity index is 6400. The van der Waals surface area contributed by atoms with E-state index in [1.165, 1.54) is 40.7 Å². The largest absolute Gasteiger partial charge is 0.368 e. The van der Waals surface area contributed by atoms with Gasteiger partial charge in [0.05, 0.1) is 74.1 Å². The first-order valence-corrected chi connectivity index (χ1v) is 51.5. The molecule has 0 atom stereocenters. The number of hydrogen-bond acceptors (Lipinski definition) is 15. The van der Waals surface area contributed by atoms with Crippen molar-refractivity contribution in [1.29, 1.82) is 0 Å². The highest BCUT2D eigenvalue weighted by Crippen LogP contribution is 2.39. The van der Waals surface area contributed by atoms with Crippen LogP contribution >= 0.6 is 58.0 Å². The highest BCUT2D eigenvalue weighted by molar-refractivity contribution is 6.35. The maximum Gasteiger partial charge on any atom is 0.317 e. The van der Waals surface area contributed by atoms with Crippen LogP contribution in [0.3, 0.4) is 0 Å². The first kappa shape index (κ1) is 70.5. The van der Waals surface area contributed by atoms with Crippen molar-refractivity contribution in [1.82, 2.24) is 75.6 Å². The van der Waals surface area contributed by atoms with E-state index in [1.54, 1.807) is 67.7 Å². The van der Waals surface area contributed by atoms with E-state index >= 15 is 0 Å². The molecule has 780 valence electrons. The summed E-state index contributed by atoms with van der Waals surface area (Å²) < 4.78 is 310. The monoisotopic (exact) mass is 2070 g/mol. The zero-order valence-corrected chi connectivity index (χ0v) is 87.6. The fourth-order valence-corrected chi connectivity index (χ4v) is 19.7. The fourth-order valence-electron chi connectivity index (χ4n) is 18.6. The molecule has 10 aliphatic rings. The van der Waals surface area contributed by atoms with Crippen LogP contribution in [0.4, 0.5) is 52.4 Å². The second-order valence-corrected chi connectivity index (χ2v) is 40.6. The Hall–Kier alpha value is -7.30. The third-order valence-corrected chi connectivity index (χ3v) is 30.1. The van der Waals surface area contributed by atoms with Crippen LogP contribution in [0.25, 0.3) is 0 Å². The summed E-state index contributed by atoms with van der Waals surface area (Å²) in [6, 6.07) is -4.15. The average molecular weight is 2070 g/mol. The Balaban J connectivity index is 0.000000207. The van der Waals surface area contributed by atoms with Gasteiger partial charge in [-0.05, 0) is 315 Å². The van der Waals surface area contributed by atoms with Gasteiger partial charge in [-0.2, -0.15) is 0 Å². The molecule has 25 nitrogen and oxygen atoms in total. The number of piperazine rings is 5. The number of nitrogens with one attached hydrogen (secondary N) is 5. The molecule has 10 amide bonds. The van der Waals surface area contributed by atoms with Crippen LogP contribution in [0.15, 0.2) is 90.6 Å². The van der Waals surface area contributed by atoms with Gasteiger partial charge < -0.3 is 75.6 Å². The fraction of sp³-hybridized carbons (Fsp3) is 0.682. The van der Waals surface area contributed by atoms with Gasteiger partial charge in [0, 0.05) is 263 Å². The van der Waals surface area contributed by atoms with Gasteiger partial charge >= 0.3 is 30.2 Å². The topological polar surface area (TPSA) is 194 Å².